The summed E-state index contributed by atoms with van der Waals surface area (Å²) >= 11 is 6.20. The Balaban J connectivity index is 1.87. The van der Waals surface area contributed by atoms with E-state index in [4.69, 9.17) is 21.1 Å². The van der Waals surface area contributed by atoms with E-state index in [0.717, 1.165) is 5.57 Å². The van der Waals surface area contributed by atoms with Gasteiger partial charge < -0.3 is 9.47 Å². The predicted octanol–water partition coefficient (Wildman–Crippen LogP) is 4.75. The second-order valence-corrected chi connectivity index (χ2v) is 6.46. The summed E-state index contributed by atoms with van der Waals surface area (Å²) in [5, 5.41) is -0.912. The number of halogens is 1. The molecule has 0 saturated carbocycles. The van der Waals surface area contributed by atoms with Crippen LogP contribution in [0.3, 0.4) is 0 Å². The average Bonchev–Trinajstić information content (AvgIpc) is 2.95. The van der Waals surface area contributed by atoms with Gasteiger partial charge in [0.05, 0.1) is 5.56 Å². The molecule has 0 aromatic heterocycles. The minimum absolute atomic E-state index is 0.157. The number of Topliss-reactive ketones (excluding diaryl/α,β-unsaturated/α-hetero) is 1. The van der Waals surface area contributed by atoms with Crippen LogP contribution >= 0.6 is 11.6 Å². The largest absolute Gasteiger partial charge is 0.452 e. The monoisotopic (exact) mass is 356 g/mol. The lowest BCUT2D eigenvalue weighted by molar-refractivity contribution is -0.134. The van der Waals surface area contributed by atoms with Gasteiger partial charge >= 0.3 is 5.97 Å². The SMILES string of the molecule is CC(C)=C1Oc2c(ccc(OC(=O)C(Cl)c3ccccc3)c2C)C1=O. The molecule has 2 aromatic rings. The minimum atomic E-state index is -0.912. The normalized spacial score (nSPS) is 13.9. The van der Waals surface area contributed by atoms with Crippen LogP contribution in [0.1, 0.15) is 40.7 Å². The van der Waals surface area contributed by atoms with E-state index in [9.17, 15) is 9.59 Å². The van der Waals surface area contributed by atoms with E-state index in [1.165, 1.54) is 0 Å². The zero-order valence-electron chi connectivity index (χ0n) is 14.1. The van der Waals surface area contributed by atoms with Gasteiger partial charge in [0.25, 0.3) is 0 Å². The predicted molar refractivity (Wildman–Crippen MR) is 95.2 cm³/mol. The molecule has 1 aliphatic heterocycles. The van der Waals surface area contributed by atoms with Crippen LogP contribution < -0.4 is 9.47 Å². The number of carbonyl (C=O) groups is 2. The van der Waals surface area contributed by atoms with Crippen molar-refractivity contribution in [2.45, 2.75) is 26.1 Å². The first-order valence-corrected chi connectivity index (χ1v) is 8.28. The molecule has 0 amide bonds. The Hall–Kier alpha value is -2.59. The molecule has 4 nitrogen and oxygen atoms in total. The first-order valence-electron chi connectivity index (χ1n) is 7.84. The second kappa shape index (κ2) is 6.73. The van der Waals surface area contributed by atoms with Crippen molar-refractivity contribution in [3.63, 3.8) is 0 Å². The highest BCUT2D eigenvalue weighted by Crippen LogP contribution is 2.40. The summed E-state index contributed by atoms with van der Waals surface area (Å²) in [6, 6.07) is 12.2. The molecule has 0 aliphatic carbocycles. The molecular formula is C20H17ClO4. The van der Waals surface area contributed by atoms with Crippen molar-refractivity contribution in [1.82, 2.24) is 0 Å². The van der Waals surface area contributed by atoms with E-state index in [0.29, 0.717) is 33.9 Å². The number of alkyl halides is 1. The number of allylic oxidation sites excluding steroid dienone is 2. The van der Waals surface area contributed by atoms with Gasteiger partial charge in [0, 0.05) is 5.56 Å². The molecule has 0 fully saturated rings. The highest BCUT2D eigenvalue weighted by molar-refractivity contribution is 6.30. The first-order chi connectivity index (χ1) is 11.9. The first kappa shape index (κ1) is 17.2. The van der Waals surface area contributed by atoms with Crippen molar-refractivity contribution in [3.8, 4) is 11.5 Å². The molecule has 0 radical (unpaired) electrons. The highest BCUT2D eigenvalue weighted by atomic mass is 35.5. The van der Waals surface area contributed by atoms with Crippen LogP contribution in [-0.2, 0) is 4.79 Å². The standard InChI is InChI=1S/C20H17ClO4/c1-11(2)18-17(22)14-9-10-15(12(3)19(14)25-18)24-20(23)16(21)13-7-5-4-6-8-13/h4-10,16H,1-3H3. The number of fused-ring (bicyclic) bond motifs is 1. The summed E-state index contributed by atoms with van der Waals surface area (Å²) < 4.78 is 11.1. The Morgan fingerprint density at radius 3 is 2.44 bits per heavy atom. The molecule has 1 unspecified atom stereocenters. The molecule has 0 N–H and O–H groups in total. The number of hydrogen-bond acceptors (Lipinski definition) is 4. The van der Waals surface area contributed by atoms with E-state index in [-0.39, 0.29) is 5.78 Å². The van der Waals surface area contributed by atoms with Gasteiger partial charge in [-0.15, -0.1) is 11.6 Å². The minimum Gasteiger partial charge on any atom is -0.452 e. The molecular weight excluding hydrogens is 340 g/mol. The zero-order chi connectivity index (χ0) is 18.1. The smallest absolute Gasteiger partial charge is 0.334 e. The fourth-order valence-corrected chi connectivity index (χ4v) is 2.80. The summed E-state index contributed by atoms with van der Waals surface area (Å²) in [5.41, 5.74) is 2.52. The van der Waals surface area contributed by atoms with Crippen molar-refractivity contribution < 1.29 is 19.1 Å². The number of ether oxygens (including phenoxy) is 2. The Morgan fingerprint density at radius 1 is 1.12 bits per heavy atom. The van der Waals surface area contributed by atoms with Crippen LogP contribution in [-0.4, -0.2) is 11.8 Å². The van der Waals surface area contributed by atoms with Crippen molar-refractivity contribution in [2.24, 2.45) is 0 Å². The van der Waals surface area contributed by atoms with Gasteiger partial charge in [0.2, 0.25) is 5.78 Å². The summed E-state index contributed by atoms with van der Waals surface area (Å²) in [4.78, 5) is 24.6. The Labute approximate surface area is 151 Å². The lowest BCUT2D eigenvalue weighted by Gasteiger charge is -2.13. The van der Waals surface area contributed by atoms with Gasteiger partial charge in [-0.25, -0.2) is 4.79 Å². The van der Waals surface area contributed by atoms with Gasteiger partial charge in [-0.05, 0) is 44.0 Å². The van der Waals surface area contributed by atoms with Gasteiger partial charge in [0.1, 0.15) is 11.5 Å². The lowest BCUT2D eigenvalue weighted by atomic mass is 10.1. The Bertz CT molecular complexity index is 880. The fourth-order valence-electron chi connectivity index (χ4n) is 2.61. The number of carbonyl (C=O) groups excluding carboxylic acids is 2. The maximum absolute atomic E-state index is 12.3. The van der Waals surface area contributed by atoms with Crippen LogP contribution in [0.25, 0.3) is 0 Å². The van der Waals surface area contributed by atoms with E-state index in [2.05, 4.69) is 0 Å². The van der Waals surface area contributed by atoms with Crippen LogP contribution in [0.2, 0.25) is 0 Å². The quantitative estimate of drug-likeness (QED) is 0.344. The maximum atomic E-state index is 12.3. The van der Waals surface area contributed by atoms with E-state index < -0.39 is 11.3 Å². The van der Waals surface area contributed by atoms with Gasteiger partial charge in [-0.2, -0.15) is 0 Å². The van der Waals surface area contributed by atoms with Crippen molar-refractivity contribution in [1.29, 1.82) is 0 Å². The summed E-state index contributed by atoms with van der Waals surface area (Å²) in [5.74, 6) is 0.338. The summed E-state index contributed by atoms with van der Waals surface area (Å²) in [7, 11) is 0. The maximum Gasteiger partial charge on any atom is 0.334 e. The van der Waals surface area contributed by atoms with Crippen molar-refractivity contribution in [2.75, 3.05) is 0 Å². The van der Waals surface area contributed by atoms with Gasteiger partial charge in [-0.1, -0.05) is 30.3 Å². The third-order valence-electron chi connectivity index (χ3n) is 3.98. The number of esters is 1. The molecule has 0 spiro atoms. The number of benzene rings is 2. The molecule has 1 heterocycles. The highest BCUT2D eigenvalue weighted by Gasteiger charge is 2.31. The fraction of sp³-hybridized carbons (Fsp3) is 0.200. The second-order valence-electron chi connectivity index (χ2n) is 6.02. The zero-order valence-corrected chi connectivity index (χ0v) is 14.9. The summed E-state index contributed by atoms with van der Waals surface area (Å²) in [6.07, 6.45) is 0. The lowest BCUT2D eigenvalue weighted by Crippen LogP contribution is -2.15. The third kappa shape index (κ3) is 3.17. The molecule has 1 atom stereocenters. The van der Waals surface area contributed by atoms with E-state index >= 15 is 0 Å². The van der Waals surface area contributed by atoms with Gasteiger partial charge in [-0.3, -0.25) is 4.79 Å². The van der Waals surface area contributed by atoms with Crippen molar-refractivity contribution >= 4 is 23.4 Å². The molecule has 2 aromatic carbocycles. The number of ketones is 1. The molecule has 0 bridgehead atoms. The molecule has 5 heteroatoms. The van der Waals surface area contributed by atoms with Crippen LogP contribution in [0, 0.1) is 6.92 Å². The molecule has 3 rings (SSSR count). The average molecular weight is 357 g/mol. The molecule has 0 saturated heterocycles. The Kier molecular flexibility index (Phi) is 4.64. The van der Waals surface area contributed by atoms with Crippen LogP contribution in [0.15, 0.2) is 53.8 Å². The molecule has 128 valence electrons. The van der Waals surface area contributed by atoms with Crippen LogP contribution in [0.4, 0.5) is 0 Å². The number of rotatable bonds is 3. The molecule has 1 aliphatic rings. The van der Waals surface area contributed by atoms with E-state index in [1.54, 1.807) is 43.3 Å². The van der Waals surface area contributed by atoms with Gasteiger partial charge in [0.15, 0.2) is 11.1 Å². The Morgan fingerprint density at radius 2 is 1.80 bits per heavy atom. The topological polar surface area (TPSA) is 52.6 Å². The van der Waals surface area contributed by atoms with Crippen LogP contribution in [0.5, 0.6) is 11.5 Å². The van der Waals surface area contributed by atoms with E-state index in [1.807, 2.05) is 19.9 Å². The van der Waals surface area contributed by atoms with Crippen molar-refractivity contribution in [3.05, 3.63) is 70.5 Å². The third-order valence-corrected chi connectivity index (χ3v) is 4.41. The summed E-state index contributed by atoms with van der Waals surface area (Å²) in [6.45, 7) is 5.37. The molecule has 25 heavy (non-hydrogen) atoms. The number of hydrogen-bond donors (Lipinski definition) is 0.